The summed E-state index contributed by atoms with van der Waals surface area (Å²) in [7, 11) is -0.147. The Balaban J connectivity index is 2.22. The lowest BCUT2D eigenvalue weighted by molar-refractivity contribution is 0.317. The molecule has 1 aromatic carbocycles. The van der Waals surface area contributed by atoms with Crippen molar-refractivity contribution >= 4 is 16.0 Å². The minimum atomic E-state index is -3.78. The maximum atomic E-state index is 12.7. The zero-order chi connectivity index (χ0) is 19.2. The first-order valence-corrected chi connectivity index (χ1v) is 9.74. The molecule has 1 aromatic heterocycles. The first-order valence-electron chi connectivity index (χ1n) is 8.26. The van der Waals surface area contributed by atoms with Gasteiger partial charge in [0.25, 0.3) is 0 Å². The van der Waals surface area contributed by atoms with Crippen molar-refractivity contribution in [2.75, 3.05) is 32.2 Å². The highest BCUT2D eigenvalue weighted by atomic mass is 32.2. The number of benzene rings is 1. The molecule has 0 amide bonds. The minimum Gasteiger partial charge on any atom is -0.494 e. The molecular formula is C17H24N4O4S. The summed E-state index contributed by atoms with van der Waals surface area (Å²) in [5.74, 6) is 1.32. The molecule has 0 spiro atoms. The van der Waals surface area contributed by atoms with Gasteiger partial charge in [-0.3, -0.25) is 0 Å². The maximum absolute atomic E-state index is 12.7. The van der Waals surface area contributed by atoms with Crippen LogP contribution in [0.5, 0.6) is 11.5 Å². The lowest BCUT2D eigenvalue weighted by Gasteiger charge is -2.14. The molecule has 0 radical (unpaired) electrons. The molecule has 0 bridgehead atoms. The summed E-state index contributed by atoms with van der Waals surface area (Å²) in [6.07, 6.45) is 1.59. The lowest BCUT2D eigenvalue weighted by Crippen LogP contribution is -2.25. The summed E-state index contributed by atoms with van der Waals surface area (Å²) in [6.45, 7) is 4.52. The summed E-state index contributed by atoms with van der Waals surface area (Å²) in [5.41, 5.74) is 0.566. The molecule has 142 valence electrons. The third-order valence-corrected chi connectivity index (χ3v) is 4.80. The molecule has 26 heavy (non-hydrogen) atoms. The monoisotopic (exact) mass is 380 g/mol. The molecule has 1 heterocycles. The first-order chi connectivity index (χ1) is 12.4. The van der Waals surface area contributed by atoms with Crippen molar-refractivity contribution in [1.82, 2.24) is 14.7 Å². The molecule has 0 saturated heterocycles. The van der Waals surface area contributed by atoms with Crippen molar-refractivity contribution < 1.29 is 17.9 Å². The largest absolute Gasteiger partial charge is 0.494 e. The van der Waals surface area contributed by atoms with Gasteiger partial charge in [-0.2, -0.15) is 0 Å². The molecule has 0 saturated carbocycles. The van der Waals surface area contributed by atoms with Gasteiger partial charge in [-0.15, -0.1) is 0 Å². The van der Waals surface area contributed by atoms with Crippen molar-refractivity contribution in [2.45, 2.75) is 25.3 Å². The smallest absolute Gasteiger partial charge is 0.244 e. The number of ether oxygens (including phenoxy) is 2. The zero-order valence-corrected chi connectivity index (χ0v) is 16.2. The predicted octanol–water partition coefficient (Wildman–Crippen LogP) is 1.82. The second-order valence-electron chi connectivity index (χ2n) is 5.54. The number of anilines is 1. The van der Waals surface area contributed by atoms with Crippen LogP contribution in [0.15, 0.2) is 35.4 Å². The van der Waals surface area contributed by atoms with Crippen LogP contribution in [0.1, 0.15) is 19.5 Å². The van der Waals surface area contributed by atoms with Crippen LogP contribution in [0, 0.1) is 0 Å². The number of rotatable bonds is 9. The van der Waals surface area contributed by atoms with Crippen LogP contribution in [-0.4, -0.2) is 45.7 Å². The van der Waals surface area contributed by atoms with Crippen LogP contribution >= 0.6 is 0 Å². The molecule has 2 rings (SSSR count). The number of sulfonamides is 1. The van der Waals surface area contributed by atoms with E-state index in [0.29, 0.717) is 30.6 Å². The topological polar surface area (TPSA) is 93.7 Å². The van der Waals surface area contributed by atoms with Crippen LogP contribution in [-0.2, 0) is 16.6 Å². The molecule has 0 fully saturated rings. The molecule has 8 nitrogen and oxygen atoms in total. The van der Waals surface area contributed by atoms with E-state index in [9.17, 15) is 8.42 Å². The van der Waals surface area contributed by atoms with Gasteiger partial charge in [-0.1, -0.05) is 0 Å². The number of nitrogens with one attached hydrogen (secondary N) is 1. The molecule has 0 atom stereocenters. The normalized spacial score (nSPS) is 11.2. The fourth-order valence-electron chi connectivity index (χ4n) is 2.18. The predicted molar refractivity (Wildman–Crippen MR) is 99.2 cm³/mol. The average molecular weight is 380 g/mol. The molecule has 2 aromatic rings. The van der Waals surface area contributed by atoms with Crippen LogP contribution in [0.25, 0.3) is 0 Å². The van der Waals surface area contributed by atoms with Crippen LogP contribution in [0.3, 0.4) is 0 Å². The van der Waals surface area contributed by atoms with Crippen molar-refractivity contribution in [3.63, 3.8) is 0 Å². The molecule has 0 unspecified atom stereocenters. The fourth-order valence-corrected chi connectivity index (χ4v) is 3.30. The number of nitrogens with zero attached hydrogens (tertiary/aromatic N) is 3. The van der Waals surface area contributed by atoms with Gasteiger partial charge in [-0.05, 0) is 32.0 Å². The van der Waals surface area contributed by atoms with E-state index in [2.05, 4.69) is 14.7 Å². The van der Waals surface area contributed by atoms with Gasteiger partial charge in [-0.25, -0.2) is 23.1 Å². The molecule has 1 N–H and O–H groups in total. The van der Waals surface area contributed by atoms with Gasteiger partial charge >= 0.3 is 0 Å². The highest BCUT2D eigenvalue weighted by Crippen LogP contribution is 2.29. The Labute approximate surface area is 154 Å². The number of aromatic nitrogens is 2. The van der Waals surface area contributed by atoms with Gasteiger partial charge in [0.15, 0.2) is 0 Å². The fraction of sp³-hybridized carbons (Fsp3) is 0.412. The van der Waals surface area contributed by atoms with Gasteiger partial charge in [0, 0.05) is 26.4 Å². The van der Waals surface area contributed by atoms with Gasteiger partial charge in [0.1, 0.15) is 16.4 Å². The van der Waals surface area contributed by atoms with E-state index in [-0.39, 0.29) is 17.2 Å². The van der Waals surface area contributed by atoms with Crippen molar-refractivity contribution in [3.05, 3.63) is 36.2 Å². The van der Waals surface area contributed by atoms with Gasteiger partial charge in [0.2, 0.25) is 16.0 Å². The van der Waals surface area contributed by atoms with Crippen LogP contribution < -0.4 is 19.1 Å². The van der Waals surface area contributed by atoms with E-state index in [4.69, 9.17) is 9.47 Å². The Morgan fingerprint density at radius 1 is 1.12 bits per heavy atom. The Morgan fingerprint density at radius 3 is 2.50 bits per heavy atom. The molecule has 0 aliphatic heterocycles. The second kappa shape index (κ2) is 8.81. The Hall–Kier alpha value is -2.39. The van der Waals surface area contributed by atoms with Crippen molar-refractivity contribution in [2.24, 2.45) is 0 Å². The third kappa shape index (κ3) is 5.06. The summed E-state index contributed by atoms with van der Waals surface area (Å²) in [5, 5.41) is 0. The minimum absolute atomic E-state index is 0.0461. The summed E-state index contributed by atoms with van der Waals surface area (Å²) < 4.78 is 38.8. The number of hydrogen-bond acceptors (Lipinski definition) is 7. The average Bonchev–Trinajstić information content (AvgIpc) is 2.61. The zero-order valence-electron chi connectivity index (χ0n) is 15.4. The Morgan fingerprint density at radius 2 is 1.85 bits per heavy atom. The number of hydrogen-bond donors (Lipinski definition) is 1. The van der Waals surface area contributed by atoms with Crippen LogP contribution in [0.2, 0.25) is 0 Å². The maximum Gasteiger partial charge on any atom is 0.244 e. The summed E-state index contributed by atoms with van der Waals surface area (Å²) in [6, 6.07) is 6.33. The van der Waals surface area contributed by atoms with E-state index >= 15 is 0 Å². The molecule has 9 heteroatoms. The first kappa shape index (κ1) is 19.9. The van der Waals surface area contributed by atoms with E-state index < -0.39 is 10.0 Å². The van der Waals surface area contributed by atoms with Crippen molar-refractivity contribution in [1.29, 1.82) is 0 Å². The van der Waals surface area contributed by atoms with Gasteiger partial charge < -0.3 is 14.4 Å². The highest BCUT2D eigenvalue weighted by Gasteiger charge is 2.20. The van der Waals surface area contributed by atoms with E-state index in [1.165, 1.54) is 6.07 Å². The third-order valence-electron chi connectivity index (χ3n) is 3.36. The standard InChI is InChI=1S/C17H24N4O4S/c1-5-24-14-7-8-16(15(11-14)25-6-2)26(22,23)19-12-13-9-10-18-17(20-13)21(3)4/h7-11,19H,5-6,12H2,1-4H3. The highest BCUT2D eigenvalue weighted by molar-refractivity contribution is 7.89. The van der Waals surface area contributed by atoms with E-state index in [0.717, 1.165) is 0 Å². The van der Waals surface area contributed by atoms with Crippen LogP contribution in [0.4, 0.5) is 5.95 Å². The molecule has 0 aliphatic carbocycles. The summed E-state index contributed by atoms with van der Waals surface area (Å²) >= 11 is 0. The van der Waals surface area contributed by atoms with Gasteiger partial charge in [0.05, 0.1) is 25.5 Å². The molecule has 0 aliphatic rings. The Kier molecular flexibility index (Phi) is 6.76. The lowest BCUT2D eigenvalue weighted by atomic mass is 10.3. The van der Waals surface area contributed by atoms with E-state index in [1.54, 1.807) is 36.2 Å². The molecular weight excluding hydrogens is 356 g/mol. The van der Waals surface area contributed by atoms with Crippen molar-refractivity contribution in [3.8, 4) is 11.5 Å². The second-order valence-corrected chi connectivity index (χ2v) is 7.28. The summed E-state index contributed by atoms with van der Waals surface area (Å²) in [4.78, 5) is 10.2. The Bertz CT molecular complexity index is 840. The quantitative estimate of drug-likeness (QED) is 0.709. The van der Waals surface area contributed by atoms with E-state index in [1.807, 2.05) is 21.0 Å². The SMILES string of the molecule is CCOc1ccc(S(=O)(=O)NCc2ccnc(N(C)C)n2)c(OCC)c1.